The average Bonchev–Trinajstić information content (AvgIpc) is 2.68. The molecule has 3 heteroatoms. The van der Waals surface area contributed by atoms with E-state index in [-0.39, 0.29) is 6.04 Å². The van der Waals surface area contributed by atoms with Crippen LogP contribution in [0.15, 0.2) is 10.6 Å². The minimum atomic E-state index is 0.230. The number of oxazole rings is 1. The van der Waals surface area contributed by atoms with Gasteiger partial charge in [-0.25, -0.2) is 4.98 Å². The minimum absolute atomic E-state index is 0.230. The largest absolute Gasteiger partial charge is 0.444 e. The van der Waals surface area contributed by atoms with Gasteiger partial charge in [-0.2, -0.15) is 0 Å². The van der Waals surface area contributed by atoms with Crippen LogP contribution in [0.25, 0.3) is 0 Å². The summed E-state index contributed by atoms with van der Waals surface area (Å²) in [4.78, 5) is 4.29. The van der Waals surface area contributed by atoms with Crippen LogP contribution < -0.4 is 5.32 Å². The van der Waals surface area contributed by atoms with Crippen LogP contribution in [0.4, 0.5) is 0 Å². The topological polar surface area (TPSA) is 38.1 Å². The molecule has 1 aromatic rings. The van der Waals surface area contributed by atoms with Crippen LogP contribution in [0, 0.1) is 6.92 Å². The molecule has 0 aromatic carbocycles. The van der Waals surface area contributed by atoms with Gasteiger partial charge in [0, 0.05) is 6.04 Å². The van der Waals surface area contributed by atoms with Crippen LogP contribution in [-0.4, -0.2) is 11.0 Å². The zero-order valence-electron chi connectivity index (χ0n) is 11.0. The van der Waals surface area contributed by atoms with Crippen molar-refractivity contribution in [3.63, 3.8) is 0 Å². The van der Waals surface area contributed by atoms with Crippen LogP contribution in [0.1, 0.15) is 69.6 Å². The molecule has 0 spiro atoms. The zero-order chi connectivity index (χ0) is 12.1. The molecule has 17 heavy (non-hydrogen) atoms. The van der Waals surface area contributed by atoms with Crippen molar-refractivity contribution in [3.8, 4) is 0 Å². The van der Waals surface area contributed by atoms with Crippen molar-refractivity contribution in [2.75, 3.05) is 0 Å². The maximum absolute atomic E-state index is 5.57. The van der Waals surface area contributed by atoms with E-state index in [1.165, 1.54) is 44.9 Å². The first-order chi connectivity index (χ1) is 8.25. The predicted octanol–water partition coefficient (Wildman–Crippen LogP) is 3.75. The van der Waals surface area contributed by atoms with Crippen molar-refractivity contribution in [2.45, 2.75) is 70.9 Å². The molecule has 1 fully saturated rings. The van der Waals surface area contributed by atoms with E-state index in [0.29, 0.717) is 6.04 Å². The van der Waals surface area contributed by atoms with Gasteiger partial charge in [0.2, 0.25) is 5.89 Å². The second-order valence-corrected chi connectivity index (χ2v) is 5.24. The van der Waals surface area contributed by atoms with Crippen LogP contribution in [0.2, 0.25) is 0 Å². The van der Waals surface area contributed by atoms with E-state index < -0.39 is 0 Å². The molecular formula is C14H24N2O. The molecule has 2 rings (SSSR count). The van der Waals surface area contributed by atoms with Crippen molar-refractivity contribution < 1.29 is 4.42 Å². The van der Waals surface area contributed by atoms with E-state index in [9.17, 15) is 0 Å². The Balaban J connectivity index is 1.85. The molecule has 1 N–H and O–H groups in total. The van der Waals surface area contributed by atoms with Crippen LogP contribution in [0.5, 0.6) is 0 Å². The maximum atomic E-state index is 5.57. The van der Waals surface area contributed by atoms with Gasteiger partial charge in [-0.15, -0.1) is 0 Å². The lowest BCUT2D eigenvalue weighted by Gasteiger charge is -2.23. The Morgan fingerprint density at radius 2 is 1.88 bits per heavy atom. The smallest absolute Gasteiger partial charge is 0.211 e. The number of aryl methyl sites for hydroxylation is 1. The molecule has 0 amide bonds. The summed E-state index contributed by atoms with van der Waals surface area (Å²) in [5, 5.41) is 3.66. The van der Waals surface area contributed by atoms with Crippen LogP contribution in [0.3, 0.4) is 0 Å². The van der Waals surface area contributed by atoms with Gasteiger partial charge in [-0.3, -0.25) is 0 Å². The summed E-state index contributed by atoms with van der Waals surface area (Å²) in [5.74, 6) is 1.72. The third-order valence-electron chi connectivity index (χ3n) is 3.60. The molecule has 1 saturated carbocycles. The number of nitrogens with one attached hydrogen (secondary N) is 1. The molecule has 0 aliphatic heterocycles. The van der Waals surface area contributed by atoms with Gasteiger partial charge in [-0.1, -0.05) is 32.1 Å². The normalized spacial score (nSPS) is 20.8. The molecule has 0 bridgehead atoms. The molecule has 1 aliphatic carbocycles. The van der Waals surface area contributed by atoms with Gasteiger partial charge in [0.25, 0.3) is 0 Å². The van der Waals surface area contributed by atoms with Crippen molar-refractivity contribution >= 4 is 0 Å². The SMILES string of the molecule is Cc1cnc(C(C)NC2CCCCCCC2)o1. The van der Waals surface area contributed by atoms with E-state index in [0.717, 1.165) is 11.7 Å². The molecule has 0 saturated heterocycles. The standard InChI is InChI=1S/C14H24N2O/c1-11-10-15-14(17-11)12(2)16-13-8-6-4-3-5-7-9-13/h10,12-13,16H,3-9H2,1-2H3. The summed E-state index contributed by atoms with van der Waals surface area (Å²) < 4.78 is 5.57. The molecule has 1 heterocycles. The number of nitrogens with zero attached hydrogens (tertiary/aromatic N) is 1. The summed E-state index contributed by atoms with van der Waals surface area (Å²) in [7, 11) is 0. The quantitative estimate of drug-likeness (QED) is 0.868. The highest BCUT2D eigenvalue weighted by Crippen LogP contribution is 2.20. The summed E-state index contributed by atoms with van der Waals surface area (Å²) in [6, 6.07) is 0.866. The summed E-state index contributed by atoms with van der Waals surface area (Å²) in [5.41, 5.74) is 0. The molecule has 3 nitrogen and oxygen atoms in total. The van der Waals surface area contributed by atoms with Gasteiger partial charge >= 0.3 is 0 Å². The Morgan fingerprint density at radius 3 is 2.47 bits per heavy atom. The van der Waals surface area contributed by atoms with Gasteiger partial charge < -0.3 is 9.73 Å². The Labute approximate surface area is 104 Å². The summed E-state index contributed by atoms with van der Waals surface area (Å²) in [6.45, 7) is 4.09. The fraction of sp³-hybridized carbons (Fsp3) is 0.786. The van der Waals surface area contributed by atoms with Gasteiger partial charge in [0.1, 0.15) is 5.76 Å². The van der Waals surface area contributed by atoms with Crippen molar-refractivity contribution in [2.24, 2.45) is 0 Å². The highest BCUT2D eigenvalue weighted by atomic mass is 16.4. The Kier molecular flexibility index (Phi) is 4.60. The highest BCUT2D eigenvalue weighted by Gasteiger charge is 2.17. The number of hydrogen-bond donors (Lipinski definition) is 1. The van der Waals surface area contributed by atoms with E-state index in [1.807, 2.05) is 6.92 Å². The number of aromatic nitrogens is 1. The van der Waals surface area contributed by atoms with Crippen molar-refractivity contribution in [1.29, 1.82) is 0 Å². The van der Waals surface area contributed by atoms with Gasteiger partial charge in [0.05, 0.1) is 12.2 Å². The van der Waals surface area contributed by atoms with E-state index in [2.05, 4.69) is 17.2 Å². The molecule has 96 valence electrons. The molecule has 1 aromatic heterocycles. The Bertz CT molecular complexity index is 327. The fourth-order valence-corrected chi connectivity index (χ4v) is 2.62. The predicted molar refractivity (Wildman–Crippen MR) is 68.9 cm³/mol. The second kappa shape index (κ2) is 6.20. The average molecular weight is 236 g/mol. The lowest BCUT2D eigenvalue weighted by Crippen LogP contribution is -2.32. The molecule has 1 unspecified atom stereocenters. The lowest BCUT2D eigenvalue weighted by molar-refractivity contribution is 0.326. The number of rotatable bonds is 3. The zero-order valence-corrected chi connectivity index (χ0v) is 11.0. The van der Waals surface area contributed by atoms with Crippen molar-refractivity contribution in [1.82, 2.24) is 10.3 Å². The first-order valence-corrected chi connectivity index (χ1v) is 6.94. The fourth-order valence-electron chi connectivity index (χ4n) is 2.62. The van der Waals surface area contributed by atoms with Crippen LogP contribution >= 0.6 is 0 Å². The monoisotopic (exact) mass is 236 g/mol. The number of hydrogen-bond acceptors (Lipinski definition) is 3. The Morgan fingerprint density at radius 1 is 1.24 bits per heavy atom. The van der Waals surface area contributed by atoms with Crippen molar-refractivity contribution in [3.05, 3.63) is 17.8 Å². The third-order valence-corrected chi connectivity index (χ3v) is 3.60. The van der Waals surface area contributed by atoms with Gasteiger partial charge in [-0.05, 0) is 26.7 Å². The molecule has 1 aliphatic rings. The molecular weight excluding hydrogens is 212 g/mol. The van der Waals surface area contributed by atoms with E-state index >= 15 is 0 Å². The summed E-state index contributed by atoms with van der Waals surface area (Å²) >= 11 is 0. The summed E-state index contributed by atoms with van der Waals surface area (Å²) in [6.07, 6.45) is 11.3. The maximum Gasteiger partial charge on any atom is 0.211 e. The molecule has 0 radical (unpaired) electrons. The lowest BCUT2D eigenvalue weighted by atomic mass is 9.96. The first-order valence-electron chi connectivity index (χ1n) is 6.94. The first kappa shape index (κ1) is 12.6. The van der Waals surface area contributed by atoms with E-state index in [4.69, 9.17) is 4.42 Å². The Hall–Kier alpha value is -0.830. The highest BCUT2D eigenvalue weighted by molar-refractivity contribution is 4.95. The minimum Gasteiger partial charge on any atom is -0.444 e. The molecule has 1 atom stereocenters. The van der Waals surface area contributed by atoms with E-state index in [1.54, 1.807) is 6.20 Å². The third kappa shape index (κ3) is 3.84. The second-order valence-electron chi connectivity index (χ2n) is 5.24. The van der Waals surface area contributed by atoms with Crippen LogP contribution in [-0.2, 0) is 0 Å². The van der Waals surface area contributed by atoms with Gasteiger partial charge in [0.15, 0.2) is 0 Å².